The molecule has 1 heterocycles. The fourth-order valence-electron chi connectivity index (χ4n) is 3.53. The predicted octanol–water partition coefficient (Wildman–Crippen LogP) is 5.52. The first-order valence-corrected chi connectivity index (χ1v) is 11.5. The molecule has 0 aliphatic rings. The summed E-state index contributed by atoms with van der Waals surface area (Å²) in [4.78, 5) is 12.6. The number of unbranched alkanes of at least 4 members (excludes halogenated alkanes) is 1. The molecule has 1 aromatic heterocycles. The van der Waals surface area contributed by atoms with Gasteiger partial charge in [-0.15, -0.1) is 10.2 Å². The van der Waals surface area contributed by atoms with E-state index in [-0.39, 0.29) is 5.12 Å². The van der Waals surface area contributed by atoms with E-state index in [0.717, 1.165) is 46.9 Å². The number of nitriles is 1. The summed E-state index contributed by atoms with van der Waals surface area (Å²) in [6.07, 6.45) is 6.23. The van der Waals surface area contributed by atoms with Crippen LogP contribution in [0.15, 0.2) is 46.9 Å². The number of aryl methyl sites for hydroxylation is 3. The lowest BCUT2D eigenvalue weighted by Crippen LogP contribution is -2.02. The maximum atomic E-state index is 12.6. The van der Waals surface area contributed by atoms with Crippen molar-refractivity contribution in [2.45, 2.75) is 33.1 Å². The van der Waals surface area contributed by atoms with Gasteiger partial charge >= 0.3 is 0 Å². The molecule has 7 heteroatoms. The van der Waals surface area contributed by atoms with Crippen molar-refractivity contribution in [3.05, 3.63) is 82.1 Å². The molecule has 0 saturated carbocycles. The van der Waals surface area contributed by atoms with Gasteiger partial charge in [0.1, 0.15) is 5.75 Å². The topological polar surface area (TPSA) is 89.0 Å². The fraction of sp³-hybridized carbons (Fsp3) is 0.280. The second-order valence-corrected chi connectivity index (χ2v) is 8.06. The first-order chi connectivity index (χ1) is 15.5. The lowest BCUT2D eigenvalue weighted by atomic mass is 9.92. The van der Waals surface area contributed by atoms with E-state index in [1.807, 2.05) is 31.2 Å². The Morgan fingerprint density at radius 1 is 1.19 bits per heavy atom. The van der Waals surface area contributed by atoms with Gasteiger partial charge in [-0.1, -0.05) is 30.0 Å². The van der Waals surface area contributed by atoms with Crippen LogP contribution in [-0.2, 0) is 6.42 Å². The van der Waals surface area contributed by atoms with E-state index in [9.17, 15) is 4.79 Å². The van der Waals surface area contributed by atoms with E-state index in [1.54, 1.807) is 32.4 Å². The number of hydrogen-bond donors (Lipinski definition) is 0. The number of hydrogen-bond acceptors (Lipinski definition) is 7. The summed E-state index contributed by atoms with van der Waals surface area (Å²) < 4.78 is 11.0. The fourth-order valence-corrected chi connectivity index (χ4v) is 3.90. The molecule has 0 bridgehead atoms. The Morgan fingerprint density at radius 2 is 1.94 bits per heavy atom. The van der Waals surface area contributed by atoms with Gasteiger partial charge in [0.15, 0.2) is 0 Å². The number of benzene rings is 2. The lowest BCUT2D eigenvalue weighted by molar-refractivity contribution is 0.108. The minimum Gasteiger partial charge on any atom is -0.496 e. The third kappa shape index (κ3) is 5.45. The van der Waals surface area contributed by atoms with Gasteiger partial charge in [0.2, 0.25) is 16.9 Å². The number of allylic oxidation sites excluding steroid dienone is 1. The van der Waals surface area contributed by atoms with Crippen LogP contribution in [0.25, 0.3) is 5.57 Å². The molecular formula is C25H25N3O3S. The summed E-state index contributed by atoms with van der Waals surface area (Å²) in [7, 11) is 1.58. The second-order valence-electron chi connectivity index (χ2n) is 7.28. The highest BCUT2D eigenvalue weighted by Crippen LogP contribution is 2.33. The largest absolute Gasteiger partial charge is 0.496 e. The second kappa shape index (κ2) is 10.8. The summed E-state index contributed by atoms with van der Waals surface area (Å²) >= 11 is 1.16. The van der Waals surface area contributed by atoms with Gasteiger partial charge in [0.25, 0.3) is 0 Å². The Labute approximate surface area is 192 Å². The van der Waals surface area contributed by atoms with Crippen molar-refractivity contribution in [2.75, 3.05) is 13.4 Å². The molecule has 0 spiro atoms. The van der Waals surface area contributed by atoms with Gasteiger partial charge < -0.3 is 9.15 Å². The molecule has 0 atom stereocenters. The van der Waals surface area contributed by atoms with Crippen molar-refractivity contribution in [3.8, 4) is 11.8 Å². The zero-order valence-electron chi connectivity index (χ0n) is 18.6. The van der Waals surface area contributed by atoms with Gasteiger partial charge in [0.05, 0.1) is 24.3 Å². The van der Waals surface area contributed by atoms with Crippen LogP contribution in [0.3, 0.4) is 0 Å². The molecule has 2 aromatic carbocycles. The standard InChI is InChI=1S/C25H25N3O3S/c1-16-13-20(14-22(24(16)30-3)25(29)32-4)21(19-11-9-18(15-26)10-12-19)7-5-6-8-23-28-27-17(2)31-23/h7,9-14H,5-6,8H2,1-4H3/b21-7-. The van der Waals surface area contributed by atoms with Crippen molar-refractivity contribution < 1.29 is 13.9 Å². The average Bonchev–Trinajstić information content (AvgIpc) is 3.23. The number of methoxy groups -OCH3 is 1. The first kappa shape index (κ1) is 23.3. The van der Waals surface area contributed by atoms with Crippen LogP contribution >= 0.6 is 11.8 Å². The summed E-state index contributed by atoms with van der Waals surface area (Å²) in [5.41, 5.74) is 4.95. The van der Waals surface area contributed by atoms with E-state index in [4.69, 9.17) is 14.4 Å². The summed E-state index contributed by atoms with van der Waals surface area (Å²) in [6, 6.07) is 13.5. The van der Waals surface area contributed by atoms with Crippen LogP contribution < -0.4 is 4.74 Å². The quantitative estimate of drug-likeness (QED) is 0.420. The third-order valence-electron chi connectivity index (χ3n) is 5.03. The molecule has 32 heavy (non-hydrogen) atoms. The Morgan fingerprint density at radius 3 is 2.53 bits per heavy atom. The molecule has 0 aliphatic carbocycles. The predicted molar refractivity (Wildman–Crippen MR) is 126 cm³/mol. The zero-order valence-corrected chi connectivity index (χ0v) is 19.5. The van der Waals surface area contributed by atoms with Gasteiger partial charge in [-0.25, -0.2) is 0 Å². The van der Waals surface area contributed by atoms with Crippen molar-refractivity contribution in [1.82, 2.24) is 10.2 Å². The Hall–Kier alpha value is -3.37. The Balaban J connectivity index is 1.98. The van der Waals surface area contributed by atoms with E-state index in [0.29, 0.717) is 35.1 Å². The van der Waals surface area contributed by atoms with E-state index < -0.39 is 0 Å². The van der Waals surface area contributed by atoms with Gasteiger partial charge in [-0.2, -0.15) is 5.26 Å². The number of ether oxygens (including phenoxy) is 1. The number of carbonyl (C=O) groups is 1. The normalized spacial score (nSPS) is 11.3. The van der Waals surface area contributed by atoms with Crippen LogP contribution in [0.5, 0.6) is 5.75 Å². The molecule has 0 radical (unpaired) electrons. The highest BCUT2D eigenvalue weighted by Gasteiger charge is 2.17. The lowest BCUT2D eigenvalue weighted by Gasteiger charge is -2.15. The average molecular weight is 448 g/mol. The number of aromatic nitrogens is 2. The number of thioether (sulfide) groups is 1. The summed E-state index contributed by atoms with van der Waals surface area (Å²) in [5.74, 6) is 1.79. The summed E-state index contributed by atoms with van der Waals surface area (Å²) in [6.45, 7) is 3.71. The van der Waals surface area contributed by atoms with Crippen molar-refractivity contribution in [2.24, 2.45) is 0 Å². The smallest absolute Gasteiger partial charge is 0.222 e. The van der Waals surface area contributed by atoms with Crippen molar-refractivity contribution >= 4 is 22.5 Å². The maximum Gasteiger partial charge on any atom is 0.222 e. The molecule has 0 fully saturated rings. The molecule has 3 aromatic rings. The number of rotatable bonds is 8. The number of carbonyl (C=O) groups excluding carboxylic acids is 1. The maximum absolute atomic E-state index is 12.6. The van der Waals surface area contributed by atoms with E-state index >= 15 is 0 Å². The third-order valence-corrected chi connectivity index (χ3v) is 5.62. The van der Waals surface area contributed by atoms with E-state index in [2.05, 4.69) is 22.3 Å². The molecule has 164 valence electrons. The van der Waals surface area contributed by atoms with E-state index in [1.165, 1.54) is 0 Å². The van der Waals surface area contributed by atoms with Crippen molar-refractivity contribution in [3.63, 3.8) is 0 Å². The van der Waals surface area contributed by atoms with Gasteiger partial charge in [0, 0.05) is 13.3 Å². The molecule has 6 nitrogen and oxygen atoms in total. The van der Waals surface area contributed by atoms with Crippen LogP contribution in [0.2, 0.25) is 0 Å². The Kier molecular flexibility index (Phi) is 7.85. The molecule has 0 unspecified atom stereocenters. The zero-order chi connectivity index (χ0) is 23.1. The molecule has 0 N–H and O–H groups in total. The SMILES string of the molecule is COc1c(C)cc(/C(=C\CCCc2nnc(C)o2)c2ccc(C#N)cc2)cc1C(=O)SC. The van der Waals surface area contributed by atoms with Crippen molar-refractivity contribution in [1.29, 1.82) is 5.26 Å². The van der Waals surface area contributed by atoms with Crippen LogP contribution in [0.4, 0.5) is 0 Å². The molecule has 0 saturated heterocycles. The van der Waals surface area contributed by atoms with Gasteiger partial charge in [-0.05, 0) is 72.6 Å². The molecule has 3 rings (SSSR count). The number of nitrogens with zero attached hydrogens (tertiary/aromatic N) is 3. The van der Waals surface area contributed by atoms with Crippen LogP contribution in [-0.4, -0.2) is 28.7 Å². The summed E-state index contributed by atoms with van der Waals surface area (Å²) in [5, 5.41) is 17.0. The minimum absolute atomic E-state index is 0.0438. The first-order valence-electron chi connectivity index (χ1n) is 10.2. The highest BCUT2D eigenvalue weighted by atomic mass is 32.2. The van der Waals surface area contributed by atoms with Crippen LogP contribution in [0.1, 0.15) is 57.2 Å². The van der Waals surface area contributed by atoms with Gasteiger partial charge in [-0.3, -0.25) is 4.79 Å². The monoisotopic (exact) mass is 447 g/mol. The molecule has 0 aliphatic heterocycles. The van der Waals surface area contributed by atoms with Crippen LogP contribution in [0, 0.1) is 25.2 Å². The Bertz CT molecular complexity index is 1170. The molecular weight excluding hydrogens is 422 g/mol. The minimum atomic E-state index is -0.0438. The molecule has 0 amide bonds. The highest BCUT2D eigenvalue weighted by molar-refractivity contribution is 8.13.